The molecule has 0 atom stereocenters. The quantitative estimate of drug-likeness (QED) is 0.412. The van der Waals surface area contributed by atoms with Gasteiger partial charge in [-0.3, -0.25) is 4.79 Å². The molecule has 0 aliphatic heterocycles. The molecule has 0 amide bonds. The first-order valence-electron chi connectivity index (χ1n) is 8.28. The van der Waals surface area contributed by atoms with Crippen LogP contribution in [0.2, 0.25) is 0 Å². The van der Waals surface area contributed by atoms with Gasteiger partial charge in [-0.1, -0.05) is 51.5 Å². The molecule has 0 fully saturated rings. The zero-order chi connectivity index (χ0) is 15.7. The second kappa shape index (κ2) is 9.59. The number of aryl methyl sites for hydroxylation is 2. The molecule has 0 saturated carbocycles. The second-order valence-electron chi connectivity index (χ2n) is 5.95. The molecule has 2 nitrogen and oxygen atoms in total. The Kier molecular flexibility index (Phi) is 8.11. The summed E-state index contributed by atoms with van der Waals surface area (Å²) in [4.78, 5) is 12.4. The first-order chi connectivity index (χ1) is 10.1. The average molecular weight is 290 g/mol. The molecular formula is C19H30O2. The Morgan fingerprint density at radius 2 is 1.62 bits per heavy atom. The fourth-order valence-corrected chi connectivity index (χ4v) is 2.81. The third-order valence-electron chi connectivity index (χ3n) is 3.95. The van der Waals surface area contributed by atoms with Gasteiger partial charge < -0.3 is 4.74 Å². The minimum absolute atomic E-state index is 0.220. The minimum Gasteiger partial charge on any atom is -0.496 e. The average Bonchev–Trinajstić information content (AvgIpc) is 2.45. The fourth-order valence-electron chi connectivity index (χ4n) is 2.81. The molecule has 0 N–H and O–H groups in total. The van der Waals surface area contributed by atoms with Gasteiger partial charge in [0.25, 0.3) is 0 Å². The number of ketones is 1. The highest BCUT2D eigenvalue weighted by Gasteiger charge is 2.15. The van der Waals surface area contributed by atoms with E-state index in [2.05, 4.69) is 13.0 Å². The van der Waals surface area contributed by atoms with Crippen molar-refractivity contribution in [3.05, 3.63) is 28.8 Å². The summed E-state index contributed by atoms with van der Waals surface area (Å²) in [7, 11) is 1.64. The lowest BCUT2D eigenvalue weighted by atomic mass is 9.97. The van der Waals surface area contributed by atoms with Crippen LogP contribution in [-0.2, 0) is 0 Å². The molecule has 1 aromatic rings. The maximum absolute atomic E-state index is 12.4. The van der Waals surface area contributed by atoms with Crippen molar-refractivity contribution < 1.29 is 9.53 Å². The molecule has 0 radical (unpaired) electrons. The van der Waals surface area contributed by atoms with Crippen LogP contribution in [0.3, 0.4) is 0 Å². The first-order valence-corrected chi connectivity index (χ1v) is 8.28. The molecule has 0 aliphatic carbocycles. The molecule has 1 aromatic carbocycles. The van der Waals surface area contributed by atoms with E-state index in [0.717, 1.165) is 35.3 Å². The van der Waals surface area contributed by atoms with E-state index in [1.807, 2.05) is 19.9 Å². The van der Waals surface area contributed by atoms with Crippen molar-refractivity contribution in [2.75, 3.05) is 7.11 Å². The maximum atomic E-state index is 12.4. The summed E-state index contributed by atoms with van der Waals surface area (Å²) < 4.78 is 5.38. The van der Waals surface area contributed by atoms with Crippen LogP contribution in [0, 0.1) is 13.8 Å². The normalized spacial score (nSPS) is 10.7. The van der Waals surface area contributed by atoms with E-state index in [0.29, 0.717) is 6.42 Å². The van der Waals surface area contributed by atoms with Gasteiger partial charge in [-0.05, 0) is 37.5 Å². The number of carbonyl (C=O) groups excluding carboxylic acids is 1. The highest BCUT2D eigenvalue weighted by molar-refractivity contribution is 6.00. The Balaban J connectivity index is 2.45. The largest absolute Gasteiger partial charge is 0.496 e. The highest BCUT2D eigenvalue weighted by Crippen LogP contribution is 2.26. The van der Waals surface area contributed by atoms with Crippen molar-refractivity contribution in [1.29, 1.82) is 0 Å². The van der Waals surface area contributed by atoms with Gasteiger partial charge in [-0.25, -0.2) is 0 Å². The molecule has 0 bridgehead atoms. The van der Waals surface area contributed by atoms with Gasteiger partial charge in [0.05, 0.1) is 12.7 Å². The number of Topliss-reactive ketones (excluding diaryl/α,β-unsaturated/α-hetero) is 1. The number of unbranched alkanes of at least 4 members (excludes halogenated alkanes) is 6. The van der Waals surface area contributed by atoms with E-state index in [1.165, 1.54) is 32.1 Å². The van der Waals surface area contributed by atoms with Crippen molar-refractivity contribution in [2.24, 2.45) is 0 Å². The minimum atomic E-state index is 0.220. The second-order valence-corrected chi connectivity index (χ2v) is 5.95. The van der Waals surface area contributed by atoms with Crippen molar-refractivity contribution >= 4 is 5.78 Å². The van der Waals surface area contributed by atoms with Gasteiger partial charge in [0, 0.05) is 6.42 Å². The first kappa shape index (κ1) is 17.7. The molecule has 0 heterocycles. The number of methoxy groups -OCH3 is 1. The predicted molar refractivity (Wildman–Crippen MR) is 89.4 cm³/mol. The summed E-state index contributed by atoms with van der Waals surface area (Å²) >= 11 is 0. The maximum Gasteiger partial charge on any atom is 0.166 e. The fraction of sp³-hybridized carbons (Fsp3) is 0.632. The summed E-state index contributed by atoms with van der Waals surface area (Å²) in [5.41, 5.74) is 2.94. The molecule has 118 valence electrons. The Morgan fingerprint density at radius 1 is 1.00 bits per heavy atom. The van der Waals surface area contributed by atoms with Crippen LogP contribution in [0.15, 0.2) is 12.1 Å². The zero-order valence-electron chi connectivity index (χ0n) is 14.1. The van der Waals surface area contributed by atoms with E-state index in [9.17, 15) is 4.79 Å². The van der Waals surface area contributed by atoms with E-state index in [-0.39, 0.29) is 5.78 Å². The summed E-state index contributed by atoms with van der Waals surface area (Å²) in [6.07, 6.45) is 9.27. The summed E-state index contributed by atoms with van der Waals surface area (Å²) in [6, 6.07) is 4.01. The van der Waals surface area contributed by atoms with Gasteiger partial charge in [-0.2, -0.15) is 0 Å². The van der Waals surface area contributed by atoms with Crippen molar-refractivity contribution in [2.45, 2.75) is 72.1 Å². The van der Waals surface area contributed by atoms with E-state index >= 15 is 0 Å². The molecular weight excluding hydrogens is 260 g/mol. The molecule has 0 saturated heterocycles. The van der Waals surface area contributed by atoms with Gasteiger partial charge in [0.1, 0.15) is 5.75 Å². The van der Waals surface area contributed by atoms with Crippen LogP contribution in [0.5, 0.6) is 5.75 Å². The highest BCUT2D eigenvalue weighted by atomic mass is 16.5. The molecule has 0 aromatic heterocycles. The summed E-state index contributed by atoms with van der Waals surface area (Å²) in [5, 5.41) is 0. The Hall–Kier alpha value is -1.31. The smallest absolute Gasteiger partial charge is 0.166 e. The Bertz CT molecular complexity index is 449. The number of ether oxygens (including phenoxy) is 1. The summed E-state index contributed by atoms with van der Waals surface area (Å²) in [5.74, 6) is 0.943. The lowest BCUT2D eigenvalue weighted by Crippen LogP contribution is -2.05. The molecule has 0 unspecified atom stereocenters. The molecule has 0 spiro atoms. The van der Waals surface area contributed by atoms with E-state index in [1.54, 1.807) is 7.11 Å². The van der Waals surface area contributed by atoms with Gasteiger partial charge >= 0.3 is 0 Å². The molecule has 2 heteroatoms. The number of rotatable bonds is 10. The topological polar surface area (TPSA) is 26.3 Å². The Labute approximate surface area is 129 Å². The zero-order valence-corrected chi connectivity index (χ0v) is 14.1. The van der Waals surface area contributed by atoms with Crippen LogP contribution in [0.1, 0.15) is 79.8 Å². The lowest BCUT2D eigenvalue weighted by Gasteiger charge is -2.12. The van der Waals surface area contributed by atoms with Crippen molar-refractivity contribution in [1.82, 2.24) is 0 Å². The number of hydrogen-bond donors (Lipinski definition) is 0. The van der Waals surface area contributed by atoms with Crippen LogP contribution in [-0.4, -0.2) is 12.9 Å². The van der Waals surface area contributed by atoms with Crippen molar-refractivity contribution in [3.8, 4) is 5.75 Å². The van der Waals surface area contributed by atoms with Gasteiger partial charge in [0.2, 0.25) is 0 Å². The third kappa shape index (κ3) is 5.91. The number of carbonyl (C=O) groups is 1. The standard InChI is InChI=1S/C19H30O2/c1-5-6-7-8-9-10-11-12-17(20)19-16(3)13-15(2)14-18(19)21-4/h13-14H,5-12H2,1-4H3. The van der Waals surface area contributed by atoms with E-state index < -0.39 is 0 Å². The summed E-state index contributed by atoms with van der Waals surface area (Å²) in [6.45, 7) is 6.25. The van der Waals surface area contributed by atoms with Crippen LogP contribution < -0.4 is 4.74 Å². The SMILES string of the molecule is CCCCCCCCCC(=O)c1c(C)cc(C)cc1OC. The molecule has 0 aliphatic rings. The Morgan fingerprint density at radius 3 is 2.24 bits per heavy atom. The van der Waals surface area contributed by atoms with Crippen LogP contribution in [0.25, 0.3) is 0 Å². The van der Waals surface area contributed by atoms with Crippen LogP contribution >= 0.6 is 0 Å². The lowest BCUT2D eigenvalue weighted by molar-refractivity contribution is 0.0975. The van der Waals surface area contributed by atoms with Crippen molar-refractivity contribution in [3.63, 3.8) is 0 Å². The van der Waals surface area contributed by atoms with Crippen LogP contribution in [0.4, 0.5) is 0 Å². The monoisotopic (exact) mass is 290 g/mol. The molecule has 21 heavy (non-hydrogen) atoms. The molecule has 1 rings (SSSR count). The predicted octanol–water partition coefficient (Wildman–Crippen LogP) is 5.64. The van der Waals surface area contributed by atoms with E-state index in [4.69, 9.17) is 4.74 Å². The van der Waals surface area contributed by atoms with Gasteiger partial charge in [0.15, 0.2) is 5.78 Å². The van der Waals surface area contributed by atoms with Gasteiger partial charge in [-0.15, -0.1) is 0 Å². The number of benzene rings is 1. The third-order valence-corrected chi connectivity index (χ3v) is 3.95. The number of hydrogen-bond acceptors (Lipinski definition) is 2.